The number of benzene rings is 3. The molecule has 5 nitrogen and oxygen atoms in total. The van der Waals surface area contributed by atoms with Crippen LogP contribution in [0.25, 0.3) is 11.1 Å². The Bertz CT molecular complexity index is 1430. The molecule has 248 valence electrons. The van der Waals surface area contributed by atoms with Crippen LogP contribution < -0.4 is 5.32 Å². The van der Waals surface area contributed by atoms with E-state index >= 15 is 0 Å². The number of carbonyl (C=O) groups is 2. The van der Waals surface area contributed by atoms with Gasteiger partial charge in [-0.2, -0.15) is 13.2 Å². The van der Waals surface area contributed by atoms with Gasteiger partial charge in [-0.15, -0.1) is 0 Å². The molecule has 1 unspecified atom stereocenters. The first-order chi connectivity index (χ1) is 21.8. The molecule has 1 atom stereocenters. The molecule has 0 aromatic heterocycles. The van der Waals surface area contributed by atoms with Crippen molar-refractivity contribution in [3.8, 4) is 11.1 Å². The third-order valence-corrected chi connectivity index (χ3v) is 8.96. The predicted octanol–water partition coefficient (Wildman–Crippen LogP) is 8.82. The Morgan fingerprint density at radius 2 is 1.48 bits per heavy atom. The number of nitrogens with one attached hydrogen (secondary N) is 1. The van der Waals surface area contributed by atoms with Crippen LogP contribution in [0.1, 0.15) is 94.1 Å². The summed E-state index contributed by atoms with van der Waals surface area (Å²) in [5, 5.41) is 3.16. The van der Waals surface area contributed by atoms with E-state index in [0.29, 0.717) is 23.1 Å². The Labute approximate surface area is 271 Å². The lowest BCUT2D eigenvalue weighted by molar-refractivity contribution is -0.156. The molecule has 1 aliphatic rings. The topological polar surface area (TPSA) is 58.6 Å². The van der Waals surface area contributed by atoms with Gasteiger partial charge in [-0.25, -0.2) is 0 Å². The quantitative estimate of drug-likeness (QED) is 0.159. The van der Waals surface area contributed by atoms with Crippen molar-refractivity contribution in [2.45, 2.75) is 95.9 Å². The van der Waals surface area contributed by atoms with Crippen LogP contribution >= 0.6 is 0 Å². The first kappa shape index (κ1) is 35.2. The highest BCUT2D eigenvalue weighted by atomic mass is 19.4. The second-order valence-electron chi connectivity index (χ2n) is 13.4. The van der Waals surface area contributed by atoms with Crippen LogP contribution in [0.3, 0.4) is 0 Å². The summed E-state index contributed by atoms with van der Waals surface area (Å²) < 4.78 is 44.8. The van der Waals surface area contributed by atoms with Crippen LogP contribution in [0.2, 0.25) is 0 Å². The number of halogens is 3. The van der Waals surface area contributed by atoms with E-state index in [-0.39, 0.29) is 23.3 Å². The average Bonchev–Trinajstić information content (AvgIpc) is 3.02. The van der Waals surface area contributed by atoms with Gasteiger partial charge in [0.2, 0.25) is 0 Å². The number of esters is 1. The summed E-state index contributed by atoms with van der Waals surface area (Å²) in [5.41, 5.74) is 1.31. The van der Waals surface area contributed by atoms with Gasteiger partial charge < -0.3 is 15.0 Å². The number of piperidine rings is 1. The van der Waals surface area contributed by atoms with Gasteiger partial charge in [0.1, 0.15) is 5.60 Å². The van der Waals surface area contributed by atoms with E-state index in [2.05, 4.69) is 29.3 Å². The maximum Gasteiger partial charge on any atom is 0.416 e. The van der Waals surface area contributed by atoms with Crippen molar-refractivity contribution in [2.75, 3.05) is 19.6 Å². The second-order valence-corrected chi connectivity index (χ2v) is 13.4. The van der Waals surface area contributed by atoms with Gasteiger partial charge in [-0.05, 0) is 94.3 Å². The zero-order valence-electron chi connectivity index (χ0n) is 27.5. The summed E-state index contributed by atoms with van der Waals surface area (Å²) in [6.07, 6.45) is 1.36. The molecule has 3 aromatic rings. The lowest BCUT2D eigenvalue weighted by Gasteiger charge is -2.35. The maximum atomic E-state index is 13.3. The number of hydrogen-bond acceptors (Lipinski definition) is 4. The molecule has 46 heavy (non-hydrogen) atoms. The number of amides is 1. The molecule has 0 spiro atoms. The molecule has 1 heterocycles. The number of alkyl halides is 3. The molecular weight excluding hydrogens is 589 g/mol. The first-order valence-electron chi connectivity index (χ1n) is 16.4. The van der Waals surface area contributed by atoms with Crippen LogP contribution in [-0.4, -0.2) is 48.1 Å². The fraction of sp³-hybridized carbons (Fsp3) is 0.474. The third-order valence-electron chi connectivity index (χ3n) is 8.96. The Morgan fingerprint density at radius 1 is 0.848 bits per heavy atom. The van der Waals surface area contributed by atoms with Gasteiger partial charge in [0, 0.05) is 30.1 Å². The lowest BCUT2D eigenvalue weighted by Crippen LogP contribution is -2.45. The molecule has 1 fully saturated rings. The van der Waals surface area contributed by atoms with E-state index in [1.54, 1.807) is 24.3 Å². The Kier molecular flexibility index (Phi) is 11.7. The molecule has 0 saturated carbocycles. The van der Waals surface area contributed by atoms with Gasteiger partial charge in [-0.1, -0.05) is 74.0 Å². The Morgan fingerprint density at radius 3 is 2.09 bits per heavy atom. The number of ether oxygens (including phenoxy) is 1. The summed E-state index contributed by atoms with van der Waals surface area (Å²) in [4.78, 5) is 28.6. The summed E-state index contributed by atoms with van der Waals surface area (Å²) in [5.74, 6) is -0.375. The van der Waals surface area contributed by atoms with Crippen molar-refractivity contribution in [3.05, 3.63) is 95.6 Å². The molecule has 0 radical (unpaired) electrons. The normalized spacial score (nSPS) is 16.1. The summed E-state index contributed by atoms with van der Waals surface area (Å²) in [7, 11) is 0. The zero-order valence-corrected chi connectivity index (χ0v) is 27.5. The zero-order chi connectivity index (χ0) is 33.4. The molecule has 1 aliphatic heterocycles. The van der Waals surface area contributed by atoms with Crippen LogP contribution in [0.5, 0.6) is 0 Å². The number of hydrogen-bond donors (Lipinski definition) is 1. The van der Waals surface area contributed by atoms with Crippen LogP contribution in [0.4, 0.5) is 13.2 Å². The van der Waals surface area contributed by atoms with Gasteiger partial charge in [0.25, 0.3) is 5.91 Å². The van der Waals surface area contributed by atoms with Crippen molar-refractivity contribution < 1.29 is 27.5 Å². The minimum absolute atomic E-state index is 0.0315. The second kappa shape index (κ2) is 15.3. The fourth-order valence-electron chi connectivity index (χ4n) is 6.42. The van der Waals surface area contributed by atoms with Crippen molar-refractivity contribution >= 4 is 11.9 Å². The number of carbonyl (C=O) groups excluding carboxylic acids is 2. The fourth-order valence-corrected chi connectivity index (χ4v) is 6.42. The number of rotatable bonds is 12. The molecule has 0 bridgehead atoms. The number of likely N-dealkylation sites (tertiary alicyclic amines) is 1. The largest absolute Gasteiger partial charge is 0.460 e. The Balaban J connectivity index is 1.28. The lowest BCUT2D eigenvalue weighted by atomic mass is 9.72. The van der Waals surface area contributed by atoms with E-state index < -0.39 is 17.3 Å². The predicted molar refractivity (Wildman–Crippen MR) is 177 cm³/mol. The molecule has 1 amide bonds. The monoisotopic (exact) mass is 636 g/mol. The highest BCUT2D eigenvalue weighted by molar-refractivity contribution is 6.01. The third kappa shape index (κ3) is 9.68. The smallest absolute Gasteiger partial charge is 0.416 e. The minimum Gasteiger partial charge on any atom is -0.460 e. The SMILES string of the molecule is CCC(CCCCN1CCC(NC(=O)c2ccccc2-c2ccc(C(F)(F)F)cc2)CC1)(CC(=O)OC(C)(C)C)c1ccccc1. The van der Waals surface area contributed by atoms with E-state index in [0.717, 1.165) is 70.3 Å². The highest BCUT2D eigenvalue weighted by Crippen LogP contribution is 2.38. The summed E-state index contributed by atoms with van der Waals surface area (Å²) >= 11 is 0. The van der Waals surface area contributed by atoms with Crippen molar-refractivity contribution in [2.24, 2.45) is 0 Å². The average molecular weight is 637 g/mol. The van der Waals surface area contributed by atoms with Crippen LogP contribution in [0.15, 0.2) is 78.9 Å². The van der Waals surface area contributed by atoms with Gasteiger partial charge in [0.15, 0.2) is 0 Å². The van der Waals surface area contributed by atoms with Crippen LogP contribution in [-0.2, 0) is 21.1 Å². The van der Waals surface area contributed by atoms with Crippen molar-refractivity contribution in [3.63, 3.8) is 0 Å². The van der Waals surface area contributed by atoms with Gasteiger partial charge >= 0.3 is 12.1 Å². The standard InChI is InChI=1S/C38H47F3N2O3/c1-5-37(29-13-7-6-8-14-29,27-34(44)46-36(2,3)4)23-11-12-24-43-25-21-31(22-26-43)42-35(45)33-16-10-9-15-32(33)28-17-19-30(20-18-28)38(39,40)41/h6-10,13-20,31H,5,11-12,21-27H2,1-4H3,(H,42,45). The van der Waals surface area contributed by atoms with Crippen molar-refractivity contribution in [1.82, 2.24) is 10.2 Å². The summed E-state index contributed by atoms with van der Waals surface area (Å²) in [6.45, 7) is 10.6. The molecule has 3 aromatic carbocycles. The van der Waals surface area contributed by atoms with Gasteiger partial charge in [0.05, 0.1) is 12.0 Å². The van der Waals surface area contributed by atoms with Crippen LogP contribution in [0, 0.1) is 0 Å². The molecule has 1 saturated heterocycles. The first-order valence-corrected chi connectivity index (χ1v) is 16.4. The van der Waals surface area contributed by atoms with E-state index in [1.807, 2.05) is 39.0 Å². The maximum absolute atomic E-state index is 13.3. The summed E-state index contributed by atoms with van der Waals surface area (Å²) in [6, 6.07) is 22.3. The van der Waals surface area contributed by atoms with E-state index in [9.17, 15) is 22.8 Å². The molecule has 0 aliphatic carbocycles. The number of nitrogens with zero attached hydrogens (tertiary/aromatic N) is 1. The molecule has 8 heteroatoms. The molecule has 1 N–H and O–H groups in total. The minimum atomic E-state index is -4.41. The Hall–Kier alpha value is -3.65. The molecular formula is C38H47F3N2O3. The highest BCUT2D eigenvalue weighted by Gasteiger charge is 2.35. The van der Waals surface area contributed by atoms with E-state index in [4.69, 9.17) is 4.74 Å². The van der Waals surface area contributed by atoms with Crippen molar-refractivity contribution in [1.29, 1.82) is 0 Å². The number of unbranched alkanes of at least 4 members (excludes halogenated alkanes) is 1. The molecule has 4 rings (SSSR count). The van der Waals surface area contributed by atoms with Gasteiger partial charge in [-0.3, -0.25) is 9.59 Å². The van der Waals surface area contributed by atoms with E-state index in [1.165, 1.54) is 17.7 Å².